The van der Waals surface area contributed by atoms with E-state index in [4.69, 9.17) is 4.74 Å². The molecule has 0 aliphatic carbocycles. The molecule has 0 fully saturated rings. The fraction of sp³-hybridized carbons (Fsp3) is 0.234. The number of hydrogen-bond acceptors (Lipinski definition) is 8. The predicted octanol–water partition coefficient (Wildman–Crippen LogP) is 6.18. The van der Waals surface area contributed by atoms with Gasteiger partial charge in [0.05, 0.1) is 23.7 Å². The van der Waals surface area contributed by atoms with Crippen LogP contribution in [0.15, 0.2) is 100 Å². The minimum Gasteiger partial charge on any atom is -0.503 e. The number of aromatic nitrogens is 2. The molecular weight excluding hydrogens is 929 g/mol. The van der Waals surface area contributed by atoms with E-state index >= 15 is 0 Å². The zero-order chi connectivity index (χ0) is 49.4. The molecule has 4 amide bonds. The maximum atomic E-state index is 14.4. The molecule has 9 rings (SSSR count). The summed E-state index contributed by atoms with van der Waals surface area (Å²) >= 11 is 0. The van der Waals surface area contributed by atoms with Crippen molar-refractivity contribution >= 4 is 23.6 Å². The number of rotatable bonds is 9. The van der Waals surface area contributed by atoms with Crippen molar-refractivity contribution in [1.82, 2.24) is 29.6 Å². The highest BCUT2D eigenvalue weighted by atomic mass is 19.2. The van der Waals surface area contributed by atoms with Crippen LogP contribution in [-0.4, -0.2) is 73.8 Å². The minimum absolute atomic E-state index is 0.0184. The molecule has 4 aliphatic rings. The lowest BCUT2D eigenvalue weighted by Crippen LogP contribution is -2.45. The molecule has 5 aromatic rings. The Labute approximate surface area is 384 Å². The van der Waals surface area contributed by atoms with Crippen LogP contribution in [-0.2, 0) is 19.7 Å². The zero-order valence-corrected chi connectivity index (χ0v) is 35.6. The largest absolute Gasteiger partial charge is 0.503 e. The molecule has 3 N–H and O–H groups in total. The Bertz CT molecular complexity index is 3100. The van der Waals surface area contributed by atoms with Crippen LogP contribution < -0.4 is 26.2 Å². The minimum atomic E-state index is -1.23. The first-order valence-corrected chi connectivity index (χ1v) is 20.9. The summed E-state index contributed by atoms with van der Waals surface area (Å²) in [5.74, 6) is -12.8. The number of carbonyl (C=O) groups excluding carboxylic acids is 4. The average molecular weight is 965 g/mol. The van der Waals surface area contributed by atoms with Crippen molar-refractivity contribution in [1.29, 1.82) is 0 Å². The lowest BCUT2D eigenvalue weighted by Gasteiger charge is -2.35. The van der Waals surface area contributed by atoms with Crippen LogP contribution in [0.1, 0.15) is 83.3 Å². The number of nitrogens with one attached hydrogen (secondary N) is 2. The van der Waals surface area contributed by atoms with Crippen molar-refractivity contribution in [2.75, 3.05) is 26.2 Å². The van der Waals surface area contributed by atoms with Crippen LogP contribution >= 0.6 is 0 Å². The highest BCUT2D eigenvalue weighted by Crippen LogP contribution is 2.35. The Morgan fingerprint density at radius 1 is 0.623 bits per heavy atom. The second-order valence-corrected chi connectivity index (χ2v) is 16.2. The molecule has 0 spiro atoms. The van der Waals surface area contributed by atoms with Crippen LogP contribution in [0.4, 0.5) is 35.1 Å². The third-order valence-corrected chi connectivity index (χ3v) is 11.7. The Hall–Kier alpha value is -8.04. The van der Waals surface area contributed by atoms with Crippen molar-refractivity contribution in [2.24, 2.45) is 0 Å². The molecule has 0 radical (unpaired) electrons. The number of halogens is 8. The number of amides is 4. The molecule has 0 unspecified atom stereocenters. The summed E-state index contributed by atoms with van der Waals surface area (Å²) in [6.07, 6.45) is 4.46. The normalized spacial score (nSPS) is 17.0. The molecule has 358 valence electrons. The van der Waals surface area contributed by atoms with E-state index in [0.717, 1.165) is 12.4 Å². The van der Waals surface area contributed by atoms with Crippen LogP contribution in [0.3, 0.4) is 0 Å². The van der Waals surface area contributed by atoms with Crippen molar-refractivity contribution in [2.45, 2.75) is 44.6 Å². The van der Waals surface area contributed by atoms with Gasteiger partial charge in [0.15, 0.2) is 22.9 Å². The fourth-order valence-electron chi connectivity index (χ4n) is 8.25. The Morgan fingerprint density at radius 3 is 1.54 bits per heavy atom. The summed E-state index contributed by atoms with van der Waals surface area (Å²) in [5, 5.41) is 14.7. The molecule has 69 heavy (non-hydrogen) atoms. The van der Waals surface area contributed by atoms with E-state index in [1.807, 2.05) is 0 Å². The van der Waals surface area contributed by atoms with E-state index in [2.05, 4.69) is 10.6 Å². The smallest absolute Gasteiger partial charge is 0.274 e. The number of nitrogens with zero attached hydrogens (tertiary/aromatic N) is 4. The van der Waals surface area contributed by atoms with Gasteiger partial charge in [-0.3, -0.25) is 28.8 Å². The van der Waals surface area contributed by atoms with Gasteiger partial charge in [-0.1, -0.05) is 30.3 Å². The van der Waals surface area contributed by atoms with Gasteiger partial charge in [0.25, 0.3) is 23.6 Å². The van der Waals surface area contributed by atoms with Gasteiger partial charge >= 0.3 is 0 Å². The Morgan fingerprint density at radius 2 is 1.06 bits per heavy atom. The molecule has 4 bridgehead atoms. The van der Waals surface area contributed by atoms with Crippen molar-refractivity contribution in [3.05, 3.63) is 185 Å². The fourth-order valence-corrected chi connectivity index (χ4v) is 8.25. The first-order valence-electron chi connectivity index (χ1n) is 20.9. The van der Waals surface area contributed by atoms with Gasteiger partial charge in [-0.25, -0.2) is 35.1 Å². The van der Waals surface area contributed by atoms with Gasteiger partial charge in [0, 0.05) is 99.9 Å². The SMILES string of the molecule is O=C(NCc1c(F)cc(F)cc1F)c1cn2c(c(O)c1=O)C(=O)N1CC=C(F)C[C@H]2C1.O=C(NCc1c(F)cc(F)cc1F)c1cn2c(c(OCc3ccccc3)c1=O)C(=O)N1CC=C(F)C[C@H]2C1. The molecule has 22 heteroatoms. The van der Waals surface area contributed by atoms with Gasteiger partial charge in [0.2, 0.25) is 10.9 Å². The van der Waals surface area contributed by atoms with Crippen LogP contribution in [0.2, 0.25) is 0 Å². The summed E-state index contributed by atoms with van der Waals surface area (Å²) in [6.45, 7) is -1.23. The first-order chi connectivity index (χ1) is 32.9. The topological polar surface area (TPSA) is 172 Å². The van der Waals surface area contributed by atoms with E-state index in [1.54, 1.807) is 30.3 Å². The summed E-state index contributed by atoms with van der Waals surface area (Å²) in [6, 6.07) is 9.34. The molecular formula is C47H36F8N6O8. The van der Waals surface area contributed by atoms with E-state index in [1.165, 1.54) is 31.1 Å². The van der Waals surface area contributed by atoms with Crippen molar-refractivity contribution < 1.29 is 64.1 Å². The van der Waals surface area contributed by atoms with Crippen LogP contribution in [0, 0.1) is 34.9 Å². The second kappa shape index (κ2) is 19.3. The first kappa shape index (κ1) is 47.5. The lowest BCUT2D eigenvalue weighted by molar-refractivity contribution is 0.0679. The van der Waals surface area contributed by atoms with Gasteiger partial charge < -0.3 is 39.4 Å². The van der Waals surface area contributed by atoms with Crippen LogP contribution in [0.25, 0.3) is 0 Å². The Balaban J connectivity index is 0.000000190. The van der Waals surface area contributed by atoms with Gasteiger partial charge in [-0.2, -0.15) is 0 Å². The van der Waals surface area contributed by atoms with E-state index in [-0.39, 0.29) is 62.8 Å². The number of pyridine rings is 2. The third kappa shape index (κ3) is 9.59. The number of ether oxygens (including phenoxy) is 1. The van der Waals surface area contributed by atoms with Gasteiger partial charge in [0.1, 0.15) is 52.6 Å². The van der Waals surface area contributed by atoms with Crippen LogP contribution in [0.5, 0.6) is 11.5 Å². The molecule has 0 saturated carbocycles. The third-order valence-electron chi connectivity index (χ3n) is 11.7. The lowest BCUT2D eigenvalue weighted by atomic mass is 10.1. The Kier molecular flexibility index (Phi) is 13.3. The van der Waals surface area contributed by atoms with E-state index in [9.17, 15) is 69.0 Å². The molecule has 0 saturated heterocycles. The summed E-state index contributed by atoms with van der Waals surface area (Å²) in [7, 11) is 0. The average Bonchev–Trinajstić information content (AvgIpc) is 3.59. The molecule has 3 aromatic carbocycles. The second-order valence-electron chi connectivity index (χ2n) is 16.2. The van der Waals surface area contributed by atoms with Crippen molar-refractivity contribution in [3.63, 3.8) is 0 Å². The predicted molar refractivity (Wildman–Crippen MR) is 226 cm³/mol. The van der Waals surface area contributed by atoms with E-state index in [0.29, 0.717) is 29.8 Å². The molecule has 4 aliphatic heterocycles. The monoisotopic (exact) mass is 964 g/mol. The highest BCUT2D eigenvalue weighted by Gasteiger charge is 2.39. The standard InChI is InChI=1S/C27H21F4N3O4.C20H15F4N3O4/c28-16-6-7-33-12-18(8-16)34-13-20(26(36)32-11-19-21(30)9-17(29)10-22(19)31)24(35)25(23(34)27(33)37)38-14-15-4-2-1-3-5-15;21-9-1-2-26-7-11(3-9)27-8-13(17(28)18(29)16(27)20(26)31)19(30)25-6-12-14(23)4-10(22)5-15(12)24/h1-6,9-10,13,18H,7-8,11-12,14H2,(H,32,36);1,4-5,8,11,29H,2-3,6-7H2,(H,25,30)/t18-;11-/m00/s1. The van der Waals surface area contributed by atoms with Gasteiger partial charge in [-0.05, 0) is 17.7 Å². The van der Waals surface area contributed by atoms with Crippen molar-refractivity contribution in [3.8, 4) is 11.5 Å². The number of fused-ring (bicyclic) bond motifs is 8. The van der Waals surface area contributed by atoms with Gasteiger partial charge in [-0.15, -0.1) is 0 Å². The number of benzene rings is 3. The maximum absolute atomic E-state index is 14.4. The van der Waals surface area contributed by atoms with E-state index < -0.39 is 134 Å². The molecule has 2 atom stereocenters. The molecule has 2 aromatic heterocycles. The number of hydrogen-bond donors (Lipinski definition) is 3. The quantitative estimate of drug-likeness (QED) is 0.147. The zero-order valence-electron chi connectivity index (χ0n) is 35.6. The molecule has 6 heterocycles. The summed E-state index contributed by atoms with van der Waals surface area (Å²) in [5.41, 5.74) is -4.14. The highest BCUT2D eigenvalue weighted by molar-refractivity contribution is 6.00. The maximum Gasteiger partial charge on any atom is 0.274 e. The molecule has 14 nitrogen and oxygen atoms in total. The number of allylic oxidation sites excluding steroid dienone is 2. The number of aromatic hydroxyl groups is 1. The number of carbonyl (C=O) groups is 4. The summed E-state index contributed by atoms with van der Waals surface area (Å²) in [4.78, 5) is 80.1. The summed E-state index contributed by atoms with van der Waals surface area (Å²) < 4.78 is 119.